The molecule has 4 N–H and O–H groups in total. The highest BCUT2D eigenvalue weighted by Crippen LogP contribution is 2.23. The number of nitrogens with one attached hydrogen (secondary N) is 1. The molecule has 1 saturated carbocycles. The van der Waals surface area contributed by atoms with Gasteiger partial charge in [-0.05, 0) is 37.8 Å². The van der Waals surface area contributed by atoms with Crippen LogP contribution in [0.15, 0.2) is 30.5 Å². The summed E-state index contributed by atoms with van der Waals surface area (Å²) in [5.74, 6) is 6.67. The lowest BCUT2D eigenvalue weighted by molar-refractivity contribution is -0.384. The first kappa shape index (κ1) is 20.4. The molecule has 142 valence electrons. The average Bonchev–Trinajstić information content (AvgIpc) is 2.63. The fourth-order valence-corrected chi connectivity index (χ4v) is 2.82. The van der Waals surface area contributed by atoms with Crippen LogP contribution in [0, 0.1) is 22.0 Å². The monoisotopic (exact) mass is 389 g/mol. The van der Waals surface area contributed by atoms with Gasteiger partial charge in [-0.15, -0.1) is 12.4 Å². The Kier molecular flexibility index (Phi) is 6.93. The van der Waals surface area contributed by atoms with Crippen LogP contribution in [-0.4, -0.2) is 32.1 Å². The third-order valence-electron chi connectivity index (χ3n) is 4.26. The first-order chi connectivity index (χ1) is 12.5. The van der Waals surface area contributed by atoms with E-state index in [0.29, 0.717) is 16.9 Å². The zero-order chi connectivity index (χ0) is 18.5. The standard InChI is InChI=1S/C18H19N5O3.ClH/c19-18-20-11-13(4-1-12-2-7-15(8-3-12)23(25)26)17(22-18)21-14-5-9-16(24)10-6-14;/h2-3,7-8,11,14,16,24H,5-6,9-10H2,(H3,19,20,21,22);1H. The van der Waals surface area contributed by atoms with Gasteiger partial charge >= 0.3 is 0 Å². The molecule has 0 spiro atoms. The van der Waals surface area contributed by atoms with Crippen molar-refractivity contribution in [3.05, 3.63) is 51.7 Å². The highest BCUT2D eigenvalue weighted by atomic mass is 35.5. The minimum absolute atomic E-state index is 0. The summed E-state index contributed by atoms with van der Waals surface area (Å²) in [5, 5.41) is 23.6. The number of hydrogen-bond acceptors (Lipinski definition) is 7. The summed E-state index contributed by atoms with van der Waals surface area (Å²) in [6, 6.07) is 6.22. The second-order valence-electron chi connectivity index (χ2n) is 6.19. The Labute approximate surface area is 162 Å². The summed E-state index contributed by atoms with van der Waals surface area (Å²) in [5.41, 5.74) is 6.97. The lowest BCUT2D eigenvalue weighted by Crippen LogP contribution is -2.29. The topological polar surface area (TPSA) is 127 Å². The van der Waals surface area contributed by atoms with E-state index in [-0.39, 0.29) is 36.2 Å². The van der Waals surface area contributed by atoms with Crippen molar-refractivity contribution in [3.63, 3.8) is 0 Å². The molecule has 3 rings (SSSR count). The molecule has 1 aliphatic carbocycles. The van der Waals surface area contributed by atoms with Crippen LogP contribution < -0.4 is 11.1 Å². The highest BCUT2D eigenvalue weighted by molar-refractivity contribution is 5.85. The van der Waals surface area contributed by atoms with Gasteiger partial charge in [0.1, 0.15) is 5.82 Å². The van der Waals surface area contributed by atoms with E-state index in [1.807, 2.05) is 0 Å². The van der Waals surface area contributed by atoms with Crippen LogP contribution >= 0.6 is 12.4 Å². The molecule has 8 nitrogen and oxygen atoms in total. The summed E-state index contributed by atoms with van der Waals surface area (Å²) in [6.45, 7) is 0. The average molecular weight is 390 g/mol. The molecular formula is C18H20ClN5O3. The maximum absolute atomic E-state index is 10.7. The highest BCUT2D eigenvalue weighted by Gasteiger charge is 2.20. The summed E-state index contributed by atoms with van der Waals surface area (Å²) >= 11 is 0. The van der Waals surface area contributed by atoms with Crippen molar-refractivity contribution in [1.82, 2.24) is 9.97 Å². The third kappa shape index (κ3) is 5.54. The molecule has 1 fully saturated rings. The van der Waals surface area contributed by atoms with Crippen molar-refractivity contribution in [3.8, 4) is 11.8 Å². The van der Waals surface area contributed by atoms with Crippen LogP contribution in [0.25, 0.3) is 0 Å². The number of aromatic nitrogens is 2. The van der Waals surface area contributed by atoms with Crippen LogP contribution in [0.4, 0.5) is 17.5 Å². The minimum atomic E-state index is -0.450. The molecule has 0 amide bonds. The van der Waals surface area contributed by atoms with E-state index in [2.05, 4.69) is 27.1 Å². The number of hydrogen-bond donors (Lipinski definition) is 3. The molecular weight excluding hydrogens is 370 g/mol. The van der Waals surface area contributed by atoms with E-state index in [4.69, 9.17) is 5.73 Å². The Bertz CT molecular complexity index is 856. The van der Waals surface area contributed by atoms with Crippen LogP contribution in [0.3, 0.4) is 0 Å². The predicted octanol–water partition coefficient (Wildman–Crippen LogP) is 2.50. The summed E-state index contributed by atoms with van der Waals surface area (Å²) in [6.07, 6.45) is 4.52. The van der Waals surface area contributed by atoms with Crippen LogP contribution in [-0.2, 0) is 0 Å². The second-order valence-corrected chi connectivity index (χ2v) is 6.19. The Hall–Kier alpha value is -2.89. The van der Waals surface area contributed by atoms with Gasteiger partial charge in [0.2, 0.25) is 5.95 Å². The van der Waals surface area contributed by atoms with E-state index >= 15 is 0 Å². The molecule has 0 unspecified atom stereocenters. The smallest absolute Gasteiger partial charge is 0.269 e. The maximum atomic E-state index is 10.7. The fraction of sp³-hybridized carbons (Fsp3) is 0.333. The molecule has 0 radical (unpaired) electrons. The van der Waals surface area contributed by atoms with E-state index in [0.717, 1.165) is 25.7 Å². The number of non-ortho nitro benzene ring substituents is 1. The van der Waals surface area contributed by atoms with Gasteiger partial charge < -0.3 is 16.2 Å². The van der Waals surface area contributed by atoms with Gasteiger partial charge in [0.25, 0.3) is 5.69 Å². The van der Waals surface area contributed by atoms with Crippen molar-refractivity contribution in [1.29, 1.82) is 0 Å². The van der Waals surface area contributed by atoms with Crippen molar-refractivity contribution < 1.29 is 10.0 Å². The molecule has 0 bridgehead atoms. The molecule has 2 aromatic rings. The summed E-state index contributed by atoms with van der Waals surface area (Å²) in [7, 11) is 0. The number of aliphatic hydroxyl groups is 1. The fourth-order valence-electron chi connectivity index (χ4n) is 2.82. The summed E-state index contributed by atoms with van der Waals surface area (Å²) in [4.78, 5) is 18.5. The van der Waals surface area contributed by atoms with E-state index in [1.165, 1.54) is 12.1 Å². The van der Waals surface area contributed by atoms with Crippen LogP contribution in [0.2, 0.25) is 0 Å². The molecule has 1 aromatic heterocycles. The number of nitro groups is 1. The Morgan fingerprint density at radius 2 is 1.85 bits per heavy atom. The molecule has 0 aliphatic heterocycles. The van der Waals surface area contributed by atoms with Crippen LogP contribution in [0.1, 0.15) is 36.8 Å². The van der Waals surface area contributed by atoms with Crippen molar-refractivity contribution in [2.75, 3.05) is 11.1 Å². The van der Waals surface area contributed by atoms with E-state index in [1.54, 1.807) is 18.3 Å². The Balaban J connectivity index is 0.00000261. The van der Waals surface area contributed by atoms with Gasteiger partial charge in [-0.1, -0.05) is 11.8 Å². The molecule has 1 heterocycles. The van der Waals surface area contributed by atoms with Gasteiger partial charge in [-0.2, -0.15) is 4.98 Å². The number of nitrogens with two attached hydrogens (primary N) is 1. The van der Waals surface area contributed by atoms with Gasteiger partial charge in [-0.25, -0.2) is 4.98 Å². The van der Waals surface area contributed by atoms with Gasteiger partial charge in [0.15, 0.2) is 0 Å². The zero-order valence-corrected chi connectivity index (χ0v) is 15.3. The number of nitrogens with zero attached hydrogens (tertiary/aromatic N) is 3. The third-order valence-corrected chi connectivity index (χ3v) is 4.26. The van der Waals surface area contributed by atoms with Crippen molar-refractivity contribution >= 4 is 29.9 Å². The predicted molar refractivity (Wildman–Crippen MR) is 105 cm³/mol. The molecule has 1 aromatic carbocycles. The number of anilines is 2. The van der Waals surface area contributed by atoms with E-state index in [9.17, 15) is 15.2 Å². The number of benzene rings is 1. The quantitative estimate of drug-likeness (QED) is 0.418. The Morgan fingerprint density at radius 1 is 1.19 bits per heavy atom. The molecule has 0 atom stereocenters. The normalized spacial score (nSPS) is 18.6. The molecule has 1 aliphatic rings. The Morgan fingerprint density at radius 3 is 2.48 bits per heavy atom. The number of nitro benzene ring substituents is 1. The lowest BCUT2D eigenvalue weighted by atomic mass is 9.93. The van der Waals surface area contributed by atoms with Gasteiger partial charge in [0, 0.05) is 23.7 Å². The SMILES string of the molecule is Cl.Nc1ncc(C#Cc2ccc([N+](=O)[O-])cc2)c(NC2CCC(O)CC2)n1. The number of halogens is 1. The lowest BCUT2D eigenvalue weighted by Gasteiger charge is -2.26. The number of rotatable bonds is 3. The van der Waals surface area contributed by atoms with Crippen LogP contribution in [0.5, 0.6) is 0 Å². The molecule has 0 saturated heterocycles. The van der Waals surface area contributed by atoms with Crippen molar-refractivity contribution in [2.24, 2.45) is 0 Å². The number of aliphatic hydroxyl groups excluding tert-OH is 1. The zero-order valence-electron chi connectivity index (χ0n) is 14.5. The molecule has 9 heteroatoms. The minimum Gasteiger partial charge on any atom is -0.393 e. The van der Waals surface area contributed by atoms with Gasteiger partial charge in [0.05, 0.1) is 22.8 Å². The largest absolute Gasteiger partial charge is 0.393 e. The molecule has 27 heavy (non-hydrogen) atoms. The summed E-state index contributed by atoms with van der Waals surface area (Å²) < 4.78 is 0. The van der Waals surface area contributed by atoms with Gasteiger partial charge in [-0.3, -0.25) is 10.1 Å². The number of nitrogen functional groups attached to an aromatic ring is 1. The maximum Gasteiger partial charge on any atom is 0.269 e. The second kappa shape index (κ2) is 9.16. The first-order valence-corrected chi connectivity index (χ1v) is 8.35. The van der Waals surface area contributed by atoms with Crippen molar-refractivity contribution in [2.45, 2.75) is 37.8 Å². The first-order valence-electron chi connectivity index (χ1n) is 8.35. The van der Waals surface area contributed by atoms with E-state index < -0.39 is 4.92 Å².